The molecule has 0 aliphatic heterocycles. The molecule has 0 aromatic carbocycles. The molecule has 1 aromatic heterocycles. The fourth-order valence-corrected chi connectivity index (χ4v) is 1.28. The Balaban J connectivity index is 2.62. The molecule has 1 heterocycles. The van der Waals surface area contributed by atoms with Crippen LogP contribution in [0.25, 0.3) is 0 Å². The van der Waals surface area contributed by atoms with E-state index in [2.05, 4.69) is 10.4 Å². The van der Waals surface area contributed by atoms with E-state index < -0.39 is 12.0 Å². The number of hydrogen-bond donors (Lipinski definition) is 2. The van der Waals surface area contributed by atoms with Gasteiger partial charge in [0.25, 0.3) is 5.91 Å². The van der Waals surface area contributed by atoms with Crippen LogP contribution in [0.3, 0.4) is 0 Å². The zero-order chi connectivity index (χ0) is 12.3. The zero-order valence-electron chi connectivity index (χ0n) is 9.52. The Labute approximate surface area is 93.3 Å². The van der Waals surface area contributed by atoms with Crippen LogP contribution in [0.1, 0.15) is 29.5 Å². The molecule has 2 N–H and O–H groups in total. The summed E-state index contributed by atoms with van der Waals surface area (Å²) in [7, 11) is 1.74. The monoisotopic (exact) mass is 225 g/mol. The minimum Gasteiger partial charge on any atom is -0.481 e. The molecule has 6 heteroatoms. The Morgan fingerprint density at radius 2 is 2.25 bits per heavy atom. The second-order valence-electron chi connectivity index (χ2n) is 3.77. The molecule has 0 aliphatic rings. The minimum atomic E-state index is -0.940. The molecule has 1 rings (SSSR count). The molecular weight excluding hydrogens is 210 g/mol. The number of hydrogen-bond acceptors (Lipinski definition) is 3. The third kappa shape index (κ3) is 3.08. The van der Waals surface area contributed by atoms with Gasteiger partial charge in [0.05, 0.1) is 6.42 Å². The van der Waals surface area contributed by atoms with Crippen molar-refractivity contribution in [3.8, 4) is 0 Å². The van der Waals surface area contributed by atoms with Crippen molar-refractivity contribution in [3.63, 3.8) is 0 Å². The first-order valence-corrected chi connectivity index (χ1v) is 4.93. The van der Waals surface area contributed by atoms with Crippen LogP contribution >= 0.6 is 0 Å². The Hall–Kier alpha value is -1.85. The second kappa shape index (κ2) is 4.78. The van der Waals surface area contributed by atoms with Gasteiger partial charge in [-0.3, -0.25) is 14.3 Å². The van der Waals surface area contributed by atoms with E-state index >= 15 is 0 Å². The van der Waals surface area contributed by atoms with E-state index in [1.807, 2.05) is 6.92 Å². The van der Waals surface area contributed by atoms with Gasteiger partial charge in [0.1, 0.15) is 5.69 Å². The fraction of sp³-hybridized carbons (Fsp3) is 0.500. The molecule has 1 atom stereocenters. The predicted octanol–water partition coefficient (Wildman–Crippen LogP) is 0.322. The fourth-order valence-electron chi connectivity index (χ4n) is 1.28. The summed E-state index contributed by atoms with van der Waals surface area (Å²) in [5, 5.41) is 15.1. The molecule has 0 fully saturated rings. The minimum absolute atomic E-state index is 0.0996. The van der Waals surface area contributed by atoms with Crippen molar-refractivity contribution in [2.45, 2.75) is 26.3 Å². The maximum absolute atomic E-state index is 11.6. The maximum Gasteiger partial charge on any atom is 0.305 e. The van der Waals surface area contributed by atoms with Crippen LogP contribution in [0, 0.1) is 6.92 Å². The van der Waals surface area contributed by atoms with Gasteiger partial charge in [0, 0.05) is 18.8 Å². The van der Waals surface area contributed by atoms with Crippen LogP contribution in [0.2, 0.25) is 0 Å². The van der Waals surface area contributed by atoms with E-state index in [0.29, 0.717) is 5.69 Å². The summed E-state index contributed by atoms with van der Waals surface area (Å²) in [4.78, 5) is 22.0. The third-order valence-electron chi connectivity index (χ3n) is 2.20. The number of aliphatic carboxylic acids is 1. The SMILES string of the molecule is Cc1cc(C(=O)NC(C)CC(=O)O)nn1C. The molecule has 1 aromatic rings. The molecular formula is C10H15N3O3. The summed E-state index contributed by atoms with van der Waals surface area (Å²) in [5.74, 6) is -1.29. The van der Waals surface area contributed by atoms with Crippen molar-refractivity contribution in [2.24, 2.45) is 7.05 Å². The number of carboxylic acids is 1. The Bertz CT molecular complexity index is 392. The van der Waals surface area contributed by atoms with Gasteiger partial charge in [-0.1, -0.05) is 0 Å². The standard InChI is InChI=1S/C10H15N3O3/c1-6(4-9(14)15)11-10(16)8-5-7(2)13(3)12-8/h5-6H,4H2,1-3H3,(H,11,16)(H,14,15). The summed E-state index contributed by atoms with van der Waals surface area (Å²) in [5.41, 5.74) is 1.17. The number of carbonyl (C=O) groups excluding carboxylic acids is 1. The molecule has 1 unspecified atom stereocenters. The van der Waals surface area contributed by atoms with Gasteiger partial charge in [-0.05, 0) is 19.9 Å². The number of rotatable bonds is 4. The normalized spacial score (nSPS) is 12.2. The second-order valence-corrected chi connectivity index (χ2v) is 3.77. The Morgan fingerprint density at radius 3 is 2.69 bits per heavy atom. The lowest BCUT2D eigenvalue weighted by atomic mass is 10.2. The lowest BCUT2D eigenvalue weighted by Gasteiger charge is -2.09. The van der Waals surface area contributed by atoms with Crippen molar-refractivity contribution in [1.29, 1.82) is 0 Å². The summed E-state index contributed by atoms with van der Waals surface area (Å²) < 4.78 is 1.59. The number of carbonyl (C=O) groups is 2. The van der Waals surface area contributed by atoms with Crippen LogP contribution in [0.4, 0.5) is 0 Å². The highest BCUT2D eigenvalue weighted by atomic mass is 16.4. The van der Waals surface area contributed by atoms with Crippen LogP contribution in [-0.4, -0.2) is 32.8 Å². The lowest BCUT2D eigenvalue weighted by Crippen LogP contribution is -2.34. The summed E-state index contributed by atoms with van der Waals surface area (Å²) in [6.45, 7) is 3.48. The maximum atomic E-state index is 11.6. The van der Waals surface area contributed by atoms with Crippen molar-refractivity contribution < 1.29 is 14.7 Å². The average Bonchev–Trinajstić information content (AvgIpc) is 2.45. The molecule has 1 amide bonds. The van der Waals surface area contributed by atoms with Crippen LogP contribution in [0.5, 0.6) is 0 Å². The number of aromatic nitrogens is 2. The third-order valence-corrected chi connectivity index (χ3v) is 2.20. The van der Waals surface area contributed by atoms with Crippen LogP contribution in [0.15, 0.2) is 6.07 Å². The summed E-state index contributed by atoms with van der Waals surface area (Å²) >= 11 is 0. The molecule has 88 valence electrons. The number of nitrogens with one attached hydrogen (secondary N) is 1. The van der Waals surface area contributed by atoms with Gasteiger partial charge >= 0.3 is 5.97 Å². The van der Waals surface area contributed by atoms with Crippen molar-refractivity contribution >= 4 is 11.9 Å². The van der Waals surface area contributed by atoms with Crippen molar-refractivity contribution in [1.82, 2.24) is 15.1 Å². The molecule has 0 aliphatic carbocycles. The number of aryl methyl sites for hydroxylation is 2. The highest BCUT2D eigenvalue weighted by Crippen LogP contribution is 2.02. The summed E-state index contributed by atoms with van der Waals surface area (Å²) in [6, 6.07) is 1.25. The van der Waals surface area contributed by atoms with Gasteiger partial charge < -0.3 is 10.4 Å². The number of carboxylic acid groups (broad SMARTS) is 1. The quantitative estimate of drug-likeness (QED) is 0.773. The Kier molecular flexibility index (Phi) is 3.65. The lowest BCUT2D eigenvalue weighted by molar-refractivity contribution is -0.137. The van der Waals surface area contributed by atoms with E-state index in [9.17, 15) is 9.59 Å². The van der Waals surface area contributed by atoms with Crippen LogP contribution in [-0.2, 0) is 11.8 Å². The Morgan fingerprint density at radius 1 is 1.62 bits per heavy atom. The predicted molar refractivity (Wildman–Crippen MR) is 57.1 cm³/mol. The van der Waals surface area contributed by atoms with E-state index in [0.717, 1.165) is 5.69 Å². The molecule has 6 nitrogen and oxygen atoms in total. The number of nitrogens with zero attached hydrogens (tertiary/aromatic N) is 2. The van der Waals surface area contributed by atoms with Crippen LogP contribution < -0.4 is 5.32 Å². The van der Waals surface area contributed by atoms with Gasteiger partial charge in [-0.2, -0.15) is 5.10 Å². The first-order chi connectivity index (χ1) is 7.40. The van der Waals surface area contributed by atoms with Gasteiger partial charge in [0.15, 0.2) is 0 Å². The first kappa shape index (κ1) is 12.2. The molecule has 0 saturated carbocycles. The average molecular weight is 225 g/mol. The van der Waals surface area contributed by atoms with E-state index in [-0.39, 0.29) is 12.3 Å². The first-order valence-electron chi connectivity index (χ1n) is 4.93. The summed E-state index contributed by atoms with van der Waals surface area (Å²) in [6.07, 6.45) is -0.0996. The van der Waals surface area contributed by atoms with E-state index in [1.165, 1.54) is 0 Å². The molecule has 0 spiro atoms. The highest BCUT2D eigenvalue weighted by molar-refractivity contribution is 5.92. The zero-order valence-corrected chi connectivity index (χ0v) is 9.52. The van der Waals surface area contributed by atoms with Gasteiger partial charge in [0.2, 0.25) is 0 Å². The van der Waals surface area contributed by atoms with E-state index in [1.54, 1.807) is 24.7 Å². The van der Waals surface area contributed by atoms with Crippen molar-refractivity contribution in [3.05, 3.63) is 17.5 Å². The largest absolute Gasteiger partial charge is 0.481 e. The topological polar surface area (TPSA) is 84.2 Å². The smallest absolute Gasteiger partial charge is 0.305 e. The van der Waals surface area contributed by atoms with Gasteiger partial charge in [-0.15, -0.1) is 0 Å². The molecule has 0 saturated heterocycles. The number of amides is 1. The molecule has 0 radical (unpaired) electrons. The molecule has 16 heavy (non-hydrogen) atoms. The van der Waals surface area contributed by atoms with Gasteiger partial charge in [-0.25, -0.2) is 0 Å². The van der Waals surface area contributed by atoms with Crippen molar-refractivity contribution in [2.75, 3.05) is 0 Å². The highest BCUT2D eigenvalue weighted by Gasteiger charge is 2.15. The molecule has 0 bridgehead atoms. The van der Waals surface area contributed by atoms with E-state index in [4.69, 9.17) is 5.11 Å².